The van der Waals surface area contributed by atoms with Crippen LogP contribution in [0.3, 0.4) is 0 Å². The zero-order valence-corrected chi connectivity index (χ0v) is 10.3. The highest BCUT2D eigenvalue weighted by atomic mass is 32.2. The Bertz CT molecular complexity index is 480. The lowest BCUT2D eigenvalue weighted by Gasteiger charge is -2.16. The van der Waals surface area contributed by atoms with Gasteiger partial charge in [0, 0.05) is 6.54 Å². The zero-order chi connectivity index (χ0) is 11.6. The summed E-state index contributed by atoms with van der Waals surface area (Å²) in [5.74, 6) is 0. The lowest BCUT2D eigenvalue weighted by molar-refractivity contribution is 0.583. The average molecular weight is 239 g/mol. The van der Waals surface area contributed by atoms with Gasteiger partial charge in [0.15, 0.2) is 0 Å². The van der Waals surface area contributed by atoms with Gasteiger partial charge >= 0.3 is 0 Å². The molecule has 0 fully saturated rings. The monoisotopic (exact) mass is 239 g/mol. The van der Waals surface area contributed by atoms with Crippen LogP contribution in [-0.4, -0.2) is 15.0 Å². The molecule has 0 heterocycles. The third-order valence-corrected chi connectivity index (χ3v) is 4.51. The number of fused-ring (bicyclic) bond motifs is 1. The molecule has 0 bridgehead atoms. The van der Waals surface area contributed by atoms with Gasteiger partial charge in [-0.25, -0.2) is 13.1 Å². The van der Waals surface area contributed by atoms with Gasteiger partial charge in [0.2, 0.25) is 10.0 Å². The van der Waals surface area contributed by atoms with Crippen molar-refractivity contribution in [3.8, 4) is 0 Å². The molecule has 1 aromatic carbocycles. The molecule has 0 aliphatic heterocycles. The standard InChI is InChI=1S/C12H17NO2S/c1-2-13-16(14,15)12-8-7-10-5-3-4-6-11(10)9-12/h7-9,13H,2-6H2,1H3. The van der Waals surface area contributed by atoms with E-state index in [2.05, 4.69) is 4.72 Å². The zero-order valence-electron chi connectivity index (χ0n) is 9.49. The van der Waals surface area contributed by atoms with Gasteiger partial charge in [-0.3, -0.25) is 0 Å². The summed E-state index contributed by atoms with van der Waals surface area (Å²) < 4.78 is 26.1. The van der Waals surface area contributed by atoms with Gasteiger partial charge in [-0.1, -0.05) is 13.0 Å². The van der Waals surface area contributed by atoms with Crippen LogP contribution in [0, 0.1) is 0 Å². The maximum Gasteiger partial charge on any atom is 0.240 e. The van der Waals surface area contributed by atoms with Crippen molar-refractivity contribution in [2.24, 2.45) is 0 Å². The molecule has 1 aliphatic rings. The predicted octanol–water partition coefficient (Wildman–Crippen LogP) is 1.86. The fourth-order valence-corrected chi connectivity index (χ4v) is 3.24. The fraction of sp³-hybridized carbons (Fsp3) is 0.500. The number of nitrogens with one attached hydrogen (secondary N) is 1. The first kappa shape index (κ1) is 11.6. The lowest BCUT2D eigenvalue weighted by atomic mass is 9.92. The lowest BCUT2D eigenvalue weighted by Crippen LogP contribution is -2.23. The molecule has 0 saturated heterocycles. The normalized spacial score (nSPS) is 15.8. The molecule has 88 valence electrons. The predicted molar refractivity (Wildman–Crippen MR) is 63.9 cm³/mol. The molecule has 1 aliphatic carbocycles. The van der Waals surface area contributed by atoms with Crippen LogP contribution in [0.15, 0.2) is 23.1 Å². The van der Waals surface area contributed by atoms with Crippen molar-refractivity contribution in [2.45, 2.75) is 37.5 Å². The van der Waals surface area contributed by atoms with E-state index in [1.165, 1.54) is 17.5 Å². The molecule has 0 amide bonds. The van der Waals surface area contributed by atoms with E-state index in [1.54, 1.807) is 13.0 Å². The second-order valence-corrected chi connectivity index (χ2v) is 5.91. The first-order chi connectivity index (χ1) is 7.63. The Hall–Kier alpha value is -0.870. The van der Waals surface area contributed by atoms with Crippen LogP contribution >= 0.6 is 0 Å². The number of benzene rings is 1. The summed E-state index contributed by atoms with van der Waals surface area (Å²) in [7, 11) is -3.29. The second-order valence-electron chi connectivity index (χ2n) is 4.14. The van der Waals surface area contributed by atoms with Crippen LogP contribution in [0.1, 0.15) is 30.9 Å². The van der Waals surface area contributed by atoms with Crippen molar-refractivity contribution >= 4 is 10.0 Å². The van der Waals surface area contributed by atoms with Gasteiger partial charge in [0.1, 0.15) is 0 Å². The van der Waals surface area contributed by atoms with Gasteiger partial charge in [-0.2, -0.15) is 0 Å². The minimum atomic E-state index is -3.29. The molecule has 2 rings (SSSR count). The quantitative estimate of drug-likeness (QED) is 0.875. The highest BCUT2D eigenvalue weighted by molar-refractivity contribution is 7.89. The summed E-state index contributed by atoms with van der Waals surface area (Å²) in [5, 5.41) is 0. The van der Waals surface area contributed by atoms with Gasteiger partial charge < -0.3 is 0 Å². The third kappa shape index (κ3) is 2.28. The number of aryl methyl sites for hydroxylation is 2. The van der Waals surface area contributed by atoms with Crippen molar-refractivity contribution in [3.63, 3.8) is 0 Å². The largest absolute Gasteiger partial charge is 0.240 e. The molecule has 0 aromatic heterocycles. The minimum Gasteiger partial charge on any atom is -0.211 e. The first-order valence-corrected chi connectivity index (χ1v) is 7.23. The Kier molecular flexibility index (Phi) is 3.30. The third-order valence-electron chi connectivity index (χ3n) is 2.96. The SMILES string of the molecule is CCNS(=O)(=O)c1ccc2c(c1)CCCC2. The summed E-state index contributed by atoms with van der Waals surface area (Å²) in [6.45, 7) is 2.22. The topological polar surface area (TPSA) is 46.2 Å². The van der Waals surface area contributed by atoms with E-state index >= 15 is 0 Å². The van der Waals surface area contributed by atoms with E-state index in [0.29, 0.717) is 11.4 Å². The second kappa shape index (κ2) is 4.55. The van der Waals surface area contributed by atoms with E-state index < -0.39 is 10.0 Å². The highest BCUT2D eigenvalue weighted by Gasteiger charge is 2.16. The van der Waals surface area contributed by atoms with Gasteiger partial charge in [0.25, 0.3) is 0 Å². The summed E-state index contributed by atoms with van der Waals surface area (Å²) in [6.07, 6.45) is 4.46. The van der Waals surface area contributed by atoms with Crippen molar-refractivity contribution in [1.82, 2.24) is 4.72 Å². The van der Waals surface area contributed by atoms with Gasteiger partial charge in [-0.15, -0.1) is 0 Å². The molecule has 16 heavy (non-hydrogen) atoms. The molecule has 1 aromatic rings. The number of hydrogen-bond acceptors (Lipinski definition) is 2. The van der Waals surface area contributed by atoms with Crippen LogP contribution < -0.4 is 4.72 Å². The fourth-order valence-electron chi connectivity index (χ4n) is 2.15. The maximum absolute atomic E-state index is 11.8. The van der Waals surface area contributed by atoms with Crippen molar-refractivity contribution in [2.75, 3.05) is 6.54 Å². The molecular weight excluding hydrogens is 222 g/mol. The van der Waals surface area contributed by atoms with E-state index in [9.17, 15) is 8.42 Å². The maximum atomic E-state index is 11.8. The van der Waals surface area contributed by atoms with Crippen LogP contribution in [0.25, 0.3) is 0 Å². The molecular formula is C12H17NO2S. The van der Waals surface area contributed by atoms with Crippen molar-refractivity contribution in [3.05, 3.63) is 29.3 Å². The summed E-state index contributed by atoms with van der Waals surface area (Å²) in [4.78, 5) is 0.398. The van der Waals surface area contributed by atoms with E-state index in [-0.39, 0.29) is 0 Å². The summed E-state index contributed by atoms with van der Waals surface area (Å²) >= 11 is 0. The van der Waals surface area contributed by atoms with Crippen LogP contribution in [-0.2, 0) is 22.9 Å². The van der Waals surface area contributed by atoms with Gasteiger partial charge in [-0.05, 0) is 48.9 Å². The molecule has 0 unspecified atom stereocenters. The van der Waals surface area contributed by atoms with E-state index in [1.807, 2.05) is 12.1 Å². The summed E-state index contributed by atoms with van der Waals surface area (Å²) in [6, 6.07) is 5.49. The number of hydrogen-bond donors (Lipinski definition) is 1. The van der Waals surface area contributed by atoms with E-state index in [0.717, 1.165) is 19.3 Å². The Labute approximate surface area is 96.9 Å². The molecule has 0 saturated carbocycles. The Balaban J connectivity index is 2.37. The molecule has 0 radical (unpaired) electrons. The minimum absolute atomic E-state index is 0.398. The Morgan fingerprint density at radius 3 is 2.56 bits per heavy atom. The Morgan fingerprint density at radius 1 is 1.19 bits per heavy atom. The number of rotatable bonds is 3. The van der Waals surface area contributed by atoms with Crippen molar-refractivity contribution in [1.29, 1.82) is 0 Å². The molecule has 3 nitrogen and oxygen atoms in total. The summed E-state index contributed by atoms with van der Waals surface area (Å²) in [5.41, 5.74) is 2.51. The first-order valence-electron chi connectivity index (χ1n) is 5.75. The van der Waals surface area contributed by atoms with Crippen LogP contribution in [0.2, 0.25) is 0 Å². The Morgan fingerprint density at radius 2 is 1.88 bits per heavy atom. The molecule has 0 spiro atoms. The smallest absolute Gasteiger partial charge is 0.211 e. The van der Waals surface area contributed by atoms with Gasteiger partial charge in [0.05, 0.1) is 4.90 Å². The molecule has 1 N–H and O–H groups in total. The molecule has 4 heteroatoms. The van der Waals surface area contributed by atoms with Crippen molar-refractivity contribution < 1.29 is 8.42 Å². The number of sulfonamides is 1. The molecule has 0 atom stereocenters. The van der Waals surface area contributed by atoms with Crippen LogP contribution in [0.5, 0.6) is 0 Å². The average Bonchev–Trinajstić information content (AvgIpc) is 2.28. The van der Waals surface area contributed by atoms with Crippen LogP contribution in [0.4, 0.5) is 0 Å². The highest BCUT2D eigenvalue weighted by Crippen LogP contribution is 2.23. The van der Waals surface area contributed by atoms with E-state index in [4.69, 9.17) is 0 Å².